The largest absolute Gasteiger partial charge is 0.307 e. The molecule has 1 aromatic carbocycles. The number of anilines is 1. The minimum atomic E-state index is -0.175. The van der Waals surface area contributed by atoms with Gasteiger partial charge in [0.1, 0.15) is 5.82 Å². The van der Waals surface area contributed by atoms with Gasteiger partial charge in [-0.3, -0.25) is 9.78 Å². The molecule has 2 heterocycles. The number of hydrogen-bond acceptors (Lipinski definition) is 3. The molecule has 4 nitrogen and oxygen atoms in total. The Balaban J connectivity index is 1.76. The molecule has 0 saturated heterocycles. The average molecular weight is 289 g/mol. The normalized spacial score (nSPS) is 10.2. The molecule has 0 fully saturated rings. The lowest BCUT2D eigenvalue weighted by Crippen LogP contribution is -2.12. The van der Waals surface area contributed by atoms with E-state index in [0.29, 0.717) is 11.4 Å². The fourth-order valence-corrected chi connectivity index (χ4v) is 2.12. The lowest BCUT2D eigenvalue weighted by atomic mass is 10.1. The standard InChI is InChI=1S/C18H15N3O/c1-13-9-11-20-17(12-13)21-18(22)15-7-5-14(6-8-15)16-4-2-3-10-19-16/h2-12H,1H3,(H,20,21,22). The summed E-state index contributed by atoms with van der Waals surface area (Å²) in [6, 6.07) is 16.8. The Labute approximate surface area is 128 Å². The number of nitrogens with one attached hydrogen (secondary N) is 1. The van der Waals surface area contributed by atoms with E-state index in [1.807, 2.05) is 49.4 Å². The highest BCUT2D eigenvalue weighted by atomic mass is 16.1. The molecule has 3 rings (SSSR count). The van der Waals surface area contributed by atoms with Gasteiger partial charge in [-0.05, 0) is 48.9 Å². The molecule has 108 valence electrons. The summed E-state index contributed by atoms with van der Waals surface area (Å²) in [6.45, 7) is 1.96. The number of aromatic nitrogens is 2. The van der Waals surface area contributed by atoms with E-state index in [9.17, 15) is 4.79 Å². The summed E-state index contributed by atoms with van der Waals surface area (Å²) in [5, 5.41) is 2.79. The van der Waals surface area contributed by atoms with Crippen LogP contribution in [-0.2, 0) is 0 Å². The van der Waals surface area contributed by atoms with E-state index in [1.165, 1.54) is 0 Å². The van der Waals surface area contributed by atoms with Gasteiger partial charge in [-0.15, -0.1) is 0 Å². The number of carbonyl (C=O) groups is 1. The van der Waals surface area contributed by atoms with Crippen molar-refractivity contribution in [1.82, 2.24) is 9.97 Å². The second-order valence-electron chi connectivity index (χ2n) is 4.96. The number of nitrogens with zero attached hydrogens (tertiary/aromatic N) is 2. The zero-order valence-corrected chi connectivity index (χ0v) is 12.2. The molecule has 0 radical (unpaired) electrons. The van der Waals surface area contributed by atoms with Gasteiger partial charge in [0.2, 0.25) is 0 Å². The van der Waals surface area contributed by atoms with Crippen molar-refractivity contribution >= 4 is 11.7 Å². The van der Waals surface area contributed by atoms with Gasteiger partial charge < -0.3 is 5.32 Å². The van der Waals surface area contributed by atoms with Crippen LogP contribution in [0.1, 0.15) is 15.9 Å². The number of hydrogen-bond donors (Lipinski definition) is 1. The smallest absolute Gasteiger partial charge is 0.256 e. The second kappa shape index (κ2) is 6.18. The minimum Gasteiger partial charge on any atom is -0.307 e. The monoisotopic (exact) mass is 289 g/mol. The summed E-state index contributed by atoms with van der Waals surface area (Å²) in [7, 11) is 0. The highest BCUT2D eigenvalue weighted by molar-refractivity contribution is 6.04. The molecule has 1 amide bonds. The van der Waals surface area contributed by atoms with Crippen LogP contribution in [0.2, 0.25) is 0 Å². The lowest BCUT2D eigenvalue weighted by molar-refractivity contribution is 0.102. The molecule has 0 aliphatic carbocycles. The SMILES string of the molecule is Cc1ccnc(NC(=O)c2ccc(-c3ccccn3)cc2)c1. The second-order valence-corrected chi connectivity index (χ2v) is 4.96. The van der Waals surface area contributed by atoms with Crippen LogP contribution >= 0.6 is 0 Å². The third kappa shape index (κ3) is 3.17. The molecular formula is C18H15N3O. The van der Waals surface area contributed by atoms with Crippen molar-refractivity contribution in [2.75, 3.05) is 5.32 Å². The van der Waals surface area contributed by atoms with Gasteiger partial charge >= 0.3 is 0 Å². The number of benzene rings is 1. The number of pyridine rings is 2. The van der Waals surface area contributed by atoms with Crippen molar-refractivity contribution in [3.63, 3.8) is 0 Å². The van der Waals surface area contributed by atoms with Crippen LogP contribution in [0.4, 0.5) is 5.82 Å². The molecule has 0 aliphatic rings. The van der Waals surface area contributed by atoms with Crippen molar-refractivity contribution in [3.05, 3.63) is 78.1 Å². The topological polar surface area (TPSA) is 54.9 Å². The summed E-state index contributed by atoms with van der Waals surface area (Å²) < 4.78 is 0. The number of amides is 1. The van der Waals surface area contributed by atoms with Gasteiger partial charge in [0, 0.05) is 23.5 Å². The predicted octanol–water partition coefficient (Wildman–Crippen LogP) is 3.70. The Bertz CT molecular complexity index is 783. The van der Waals surface area contributed by atoms with Crippen LogP contribution < -0.4 is 5.32 Å². The molecule has 2 aromatic heterocycles. The summed E-state index contributed by atoms with van der Waals surface area (Å²) in [6.07, 6.45) is 3.43. The predicted molar refractivity (Wildman–Crippen MR) is 86.6 cm³/mol. The van der Waals surface area contributed by atoms with Crippen LogP contribution in [0, 0.1) is 6.92 Å². The summed E-state index contributed by atoms with van der Waals surface area (Å²) >= 11 is 0. The molecule has 0 bridgehead atoms. The van der Waals surface area contributed by atoms with Crippen LogP contribution in [0.15, 0.2) is 67.0 Å². The van der Waals surface area contributed by atoms with Gasteiger partial charge in [0.05, 0.1) is 5.69 Å². The molecule has 4 heteroatoms. The van der Waals surface area contributed by atoms with E-state index in [0.717, 1.165) is 16.8 Å². The Morgan fingerprint density at radius 2 is 1.77 bits per heavy atom. The van der Waals surface area contributed by atoms with E-state index in [2.05, 4.69) is 15.3 Å². The van der Waals surface area contributed by atoms with E-state index >= 15 is 0 Å². The summed E-state index contributed by atoms with van der Waals surface area (Å²) in [5.41, 5.74) is 3.50. The lowest BCUT2D eigenvalue weighted by Gasteiger charge is -2.06. The van der Waals surface area contributed by atoms with Crippen LogP contribution in [0.25, 0.3) is 11.3 Å². The zero-order chi connectivity index (χ0) is 15.4. The Morgan fingerprint density at radius 1 is 0.955 bits per heavy atom. The molecule has 0 aliphatic heterocycles. The van der Waals surface area contributed by atoms with E-state index in [-0.39, 0.29) is 5.91 Å². The van der Waals surface area contributed by atoms with Crippen LogP contribution in [-0.4, -0.2) is 15.9 Å². The first-order chi connectivity index (χ1) is 10.7. The Morgan fingerprint density at radius 3 is 2.45 bits per heavy atom. The Hall–Kier alpha value is -3.01. The van der Waals surface area contributed by atoms with Gasteiger partial charge in [0.15, 0.2) is 0 Å². The third-order valence-corrected chi connectivity index (χ3v) is 3.26. The van der Waals surface area contributed by atoms with Gasteiger partial charge in [-0.2, -0.15) is 0 Å². The molecule has 0 atom stereocenters. The number of aryl methyl sites for hydroxylation is 1. The van der Waals surface area contributed by atoms with Gasteiger partial charge in [-0.25, -0.2) is 4.98 Å². The van der Waals surface area contributed by atoms with Gasteiger partial charge in [-0.1, -0.05) is 18.2 Å². The number of carbonyl (C=O) groups excluding carboxylic acids is 1. The van der Waals surface area contributed by atoms with Crippen molar-refractivity contribution in [2.45, 2.75) is 6.92 Å². The van der Waals surface area contributed by atoms with Crippen molar-refractivity contribution in [3.8, 4) is 11.3 Å². The first-order valence-electron chi connectivity index (χ1n) is 6.98. The molecule has 22 heavy (non-hydrogen) atoms. The first kappa shape index (κ1) is 13.9. The maximum atomic E-state index is 12.2. The fraction of sp³-hybridized carbons (Fsp3) is 0.0556. The summed E-state index contributed by atoms with van der Waals surface area (Å²) in [5.74, 6) is 0.379. The summed E-state index contributed by atoms with van der Waals surface area (Å²) in [4.78, 5) is 20.6. The van der Waals surface area contributed by atoms with Crippen molar-refractivity contribution < 1.29 is 4.79 Å². The zero-order valence-electron chi connectivity index (χ0n) is 12.2. The molecule has 0 saturated carbocycles. The number of rotatable bonds is 3. The molecule has 0 spiro atoms. The molecule has 3 aromatic rings. The molecule has 0 unspecified atom stereocenters. The quantitative estimate of drug-likeness (QED) is 0.799. The Kier molecular flexibility index (Phi) is 3.92. The average Bonchev–Trinajstić information content (AvgIpc) is 2.56. The molecular weight excluding hydrogens is 274 g/mol. The van der Waals surface area contributed by atoms with E-state index < -0.39 is 0 Å². The van der Waals surface area contributed by atoms with Crippen molar-refractivity contribution in [1.29, 1.82) is 0 Å². The third-order valence-electron chi connectivity index (χ3n) is 3.26. The maximum Gasteiger partial charge on any atom is 0.256 e. The van der Waals surface area contributed by atoms with E-state index in [1.54, 1.807) is 24.5 Å². The fourth-order valence-electron chi connectivity index (χ4n) is 2.12. The highest BCUT2D eigenvalue weighted by Crippen LogP contribution is 2.17. The maximum absolute atomic E-state index is 12.2. The minimum absolute atomic E-state index is 0.175. The van der Waals surface area contributed by atoms with Crippen molar-refractivity contribution in [2.24, 2.45) is 0 Å². The van der Waals surface area contributed by atoms with E-state index in [4.69, 9.17) is 0 Å². The molecule has 1 N–H and O–H groups in total. The highest BCUT2D eigenvalue weighted by Gasteiger charge is 2.07. The van der Waals surface area contributed by atoms with Crippen LogP contribution in [0.3, 0.4) is 0 Å². The first-order valence-corrected chi connectivity index (χ1v) is 6.98. The van der Waals surface area contributed by atoms with Gasteiger partial charge in [0.25, 0.3) is 5.91 Å². The van der Waals surface area contributed by atoms with Crippen LogP contribution in [0.5, 0.6) is 0 Å².